The fourth-order valence-corrected chi connectivity index (χ4v) is 3.79. The van der Waals surface area contributed by atoms with Crippen molar-refractivity contribution in [1.29, 1.82) is 0 Å². The molecule has 0 aromatic heterocycles. The van der Waals surface area contributed by atoms with Crippen LogP contribution in [0.1, 0.15) is 55.5 Å². The summed E-state index contributed by atoms with van der Waals surface area (Å²) in [5.41, 5.74) is 2.10. The van der Waals surface area contributed by atoms with Gasteiger partial charge >= 0.3 is 0 Å². The summed E-state index contributed by atoms with van der Waals surface area (Å²) in [7, 11) is 0. The van der Waals surface area contributed by atoms with Gasteiger partial charge in [0, 0.05) is 9.61 Å². The van der Waals surface area contributed by atoms with Gasteiger partial charge in [0.15, 0.2) is 0 Å². The van der Waals surface area contributed by atoms with Crippen molar-refractivity contribution in [2.24, 2.45) is 5.41 Å². The molecule has 1 unspecified atom stereocenters. The first-order chi connectivity index (χ1) is 8.92. The second kappa shape index (κ2) is 5.81. The molecule has 19 heavy (non-hydrogen) atoms. The zero-order chi connectivity index (χ0) is 14.0. The number of hydrogen-bond acceptors (Lipinski definition) is 1. The smallest absolute Gasteiger partial charge is 0.252 e. The molecule has 1 aliphatic carbocycles. The molecule has 1 fully saturated rings. The normalized spacial score (nSPS) is 22.0. The predicted molar refractivity (Wildman–Crippen MR) is 87.4 cm³/mol. The summed E-state index contributed by atoms with van der Waals surface area (Å²) in [5, 5.41) is 3.26. The van der Waals surface area contributed by atoms with Crippen LogP contribution in [0.5, 0.6) is 0 Å². The fourth-order valence-electron chi connectivity index (χ4n) is 2.91. The van der Waals surface area contributed by atoms with Crippen molar-refractivity contribution < 1.29 is 4.79 Å². The second-order valence-corrected chi connectivity index (χ2v) is 7.35. The highest BCUT2D eigenvalue weighted by atomic mass is 127. The molecule has 3 heteroatoms. The Balaban J connectivity index is 2.17. The summed E-state index contributed by atoms with van der Waals surface area (Å²) in [6.45, 7) is 6.53. The van der Waals surface area contributed by atoms with Gasteiger partial charge in [0.2, 0.25) is 0 Å². The third kappa shape index (κ3) is 3.30. The Morgan fingerprint density at radius 1 is 1.37 bits per heavy atom. The fraction of sp³-hybridized carbons (Fsp3) is 0.562. The second-order valence-electron chi connectivity index (χ2n) is 6.19. The van der Waals surface area contributed by atoms with Crippen molar-refractivity contribution in [2.45, 2.75) is 52.5 Å². The molecule has 104 valence electrons. The lowest BCUT2D eigenvalue weighted by atomic mass is 9.73. The molecule has 0 bridgehead atoms. The summed E-state index contributed by atoms with van der Waals surface area (Å²) < 4.78 is 1.03. The van der Waals surface area contributed by atoms with Gasteiger partial charge < -0.3 is 5.32 Å². The van der Waals surface area contributed by atoms with Gasteiger partial charge in [-0.15, -0.1) is 0 Å². The largest absolute Gasteiger partial charge is 0.349 e. The van der Waals surface area contributed by atoms with Gasteiger partial charge in [0.05, 0.1) is 5.56 Å². The quantitative estimate of drug-likeness (QED) is 0.772. The Hall–Kier alpha value is -0.580. The van der Waals surface area contributed by atoms with E-state index in [1.54, 1.807) is 0 Å². The molecule has 0 heterocycles. The first-order valence-corrected chi connectivity index (χ1v) is 8.06. The maximum Gasteiger partial charge on any atom is 0.252 e. The summed E-state index contributed by atoms with van der Waals surface area (Å²) in [4.78, 5) is 12.5. The van der Waals surface area contributed by atoms with Crippen LogP contribution >= 0.6 is 22.6 Å². The Labute approximate surface area is 129 Å². The molecule has 2 rings (SSSR count). The highest BCUT2D eigenvalue weighted by Gasteiger charge is 2.33. The SMILES string of the molecule is Cc1cccc(I)c1C(=O)NC1CCCCC1(C)C. The van der Waals surface area contributed by atoms with Crippen molar-refractivity contribution in [3.8, 4) is 0 Å². The van der Waals surface area contributed by atoms with Gasteiger partial charge in [-0.1, -0.05) is 38.8 Å². The van der Waals surface area contributed by atoms with Gasteiger partial charge in [-0.05, 0) is 59.4 Å². The first-order valence-electron chi connectivity index (χ1n) is 6.98. The summed E-state index contributed by atoms with van der Waals surface area (Å²) in [5.74, 6) is 0.0856. The third-order valence-electron chi connectivity index (χ3n) is 4.26. The highest BCUT2D eigenvalue weighted by molar-refractivity contribution is 14.1. The molecule has 1 amide bonds. The minimum atomic E-state index is 0.0856. The molecule has 1 aromatic carbocycles. The van der Waals surface area contributed by atoms with E-state index in [-0.39, 0.29) is 11.3 Å². The number of hydrogen-bond donors (Lipinski definition) is 1. The Morgan fingerprint density at radius 2 is 2.11 bits per heavy atom. The van der Waals surface area contributed by atoms with Crippen LogP contribution in [0.15, 0.2) is 18.2 Å². The number of aryl methyl sites for hydroxylation is 1. The van der Waals surface area contributed by atoms with Crippen LogP contribution in [0.25, 0.3) is 0 Å². The lowest BCUT2D eigenvalue weighted by Gasteiger charge is -2.39. The van der Waals surface area contributed by atoms with Gasteiger partial charge in [0.1, 0.15) is 0 Å². The minimum absolute atomic E-state index is 0.0856. The average Bonchev–Trinajstić information content (AvgIpc) is 2.31. The van der Waals surface area contributed by atoms with Crippen molar-refractivity contribution >= 4 is 28.5 Å². The molecule has 1 saturated carbocycles. The third-order valence-corrected chi connectivity index (χ3v) is 5.16. The van der Waals surface area contributed by atoms with Crippen LogP contribution in [-0.2, 0) is 0 Å². The zero-order valence-corrected chi connectivity index (χ0v) is 14.1. The first kappa shape index (κ1) is 14.8. The van der Waals surface area contributed by atoms with E-state index in [1.165, 1.54) is 19.3 Å². The van der Waals surface area contributed by atoms with Gasteiger partial charge in [-0.25, -0.2) is 0 Å². The topological polar surface area (TPSA) is 29.1 Å². The zero-order valence-electron chi connectivity index (χ0n) is 11.9. The molecule has 2 nitrogen and oxygen atoms in total. The number of carbonyl (C=O) groups is 1. The Morgan fingerprint density at radius 3 is 2.74 bits per heavy atom. The van der Waals surface area contributed by atoms with Crippen LogP contribution in [0.4, 0.5) is 0 Å². The maximum absolute atomic E-state index is 12.5. The molecule has 0 spiro atoms. The lowest BCUT2D eigenvalue weighted by molar-refractivity contribution is 0.0852. The van der Waals surface area contributed by atoms with Crippen LogP contribution in [0.2, 0.25) is 0 Å². The minimum Gasteiger partial charge on any atom is -0.349 e. The average molecular weight is 371 g/mol. The van der Waals surface area contributed by atoms with Crippen LogP contribution < -0.4 is 5.32 Å². The molecule has 1 N–H and O–H groups in total. The monoisotopic (exact) mass is 371 g/mol. The van der Waals surface area contributed by atoms with Gasteiger partial charge in [0.25, 0.3) is 5.91 Å². The number of benzene rings is 1. The van der Waals surface area contributed by atoms with E-state index in [0.29, 0.717) is 6.04 Å². The van der Waals surface area contributed by atoms with Crippen LogP contribution in [0.3, 0.4) is 0 Å². The van der Waals surface area contributed by atoms with Crippen molar-refractivity contribution in [2.75, 3.05) is 0 Å². The van der Waals surface area contributed by atoms with E-state index in [9.17, 15) is 4.79 Å². The molecule has 0 radical (unpaired) electrons. The Kier molecular flexibility index (Phi) is 4.54. The van der Waals surface area contributed by atoms with Gasteiger partial charge in [-0.3, -0.25) is 4.79 Å². The number of carbonyl (C=O) groups excluding carboxylic acids is 1. The van der Waals surface area contributed by atoms with Crippen LogP contribution in [0, 0.1) is 15.9 Å². The highest BCUT2D eigenvalue weighted by Crippen LogP contribution is 2.35. The Bertz CT molecular complexity index is 461. The van der Waals surface area contributed by atoms with E-state index in [2.05, 4.69) is 41.8 Å². The number of amides is 1. The van der Waals surface area contributed by atoms with E-state index < -0.39 is 0 Å². The van der Waals surface area contributed by atoms with E-state index in [1.807, 2.05) is 25.1 Å². The number of rotatable bonds is 2. The van der Waals surface area contributed by atoms with Crippen molar-refractivity contribution in [3.05, 3.63) is 32.9 Å². The van der Waals surface area contributed by atoms with E-state index in [4.69, 9.17) is 0 Å². The van der Waals surface area contributed by atoms with Crippen molar-refractivity contribution in [3.63, 3.8) is 0 Å². The van der Waals surface area contributed by atoms with Crippen LogP contribution in [-0.4, -0.2) is 11.9 Å². The molecule has 1 aromatic rings. The standard InChI is InChI=1S/C16H22INO/c1-11-7-6-8-12(17)14(11)15(19)18-13-9-4-5-10-16(13,2)3/h6-8,13H,4-5,9-10H2,1-3H3,(H,18,19). The molecular formula is C16H22INO. The molecule has 1 aliphatic rings. The molecule has 0 saturated heterocycles. The van der Waals surface area contributed by atoms with Crippen molar-refractivity contribution in [1.82, 2.24) is 5.32 Å². The molecule has 0 aliphatic heterocycles. The molecular weight excluding hydrogens is 349 g/mol. The molecule has 1 atom stereocenters. The number of halogens is 1. The summed E-state index contributed by atoms with van der Waals surface area (Å²) in [6, 6.07) is 6.29. The van der Waals surface area contributed by atoms with E-state index in [0.717, 1.165) is 21.1 Å². The lowest BCUT2D eigenvalue weighted by Crippen LogP contribution is -2.47. The van der Waals surface area contributed by atoms with Gasteiger partial charge in [-0.2, -0.15) is 0 Å². The maximum atomic E-state index is 12.5. The summed E-state index contributed by atoms with van der Waals surface area (Å²) in [6.07, 6.45) is 4.80. The number of nitrogens with one attached hydrogen (secondary N) is 1. The summed E-state index contributed by atoms with van der Waals surface area (Å²) >= 11 is 2.24. The predicted octanol–water partition coefficient (Wildman–Crippen LogP) is 4.30. The van der Waals surface area contributed by atoms with E-state index >= 15 is 0 Å².